The van der Waals surface area contributed by atoms with Crippen LogP contribution in [0, 0.1) is 11.8 Å². The minimum atomic E-state index is -3.67. The van der Waals surface area contributed by atoms with Gasteiger partial charge in [-0.1, -0.05) is 37.0 Å². The zero-order valence-electron chi connectivity index (χ0n) is 17.4. The van der Waals surface area contributed by atoms with Crippen LogP contribution in [0.25, 0.3) is 5.57 Å². The van der Waals surface area contributed by atoms with Gasteiger partial charge in [-0.05, 0) is 49.5 Å². The standard InChI is InChI=1S/C22H30N2O4S/c1-4-5-6-7-18-8-10-19(11-9-18)20-12-15-24(16-13-20)17-14-22(2,21(25)23-26)29(3,27)28/h8-12,26H,4-5,13-17H2,1-3H3,(H,23,25). The molecule has 1 amide bonds. The van der Waals surface area contributed by atoms with E-state index >= 15 is 0 Å². The van der Waals surface area contributed by atoms with Gasteiger partial charge in [0.1, 0.15) is 0 Å². The number of amides is 1. The van der Waals surface area contributed by atoms with E-state index in [-0.39, 0.29) is 6.42 Å². The van der Waals surface area contributed by atoms with Gasteiger partial charge in [-0.2, -0.15) is 0 Å². The Morgan fingerprint density at radius 3 is 2.52 bits per heavy atom. The normalized spacial score (nSPS) is 16.9. The number of unbranched alkanes of at least 4 members (excludes halogenated alkanes) is 1. The van der Waals surface area contributed by atoms with E-state index in [4.69, 9.17) is 5.21 Å². The topological polar surface area (TPSA) is 86.7 Å². The largest absolute Gasteiger partial charge is 0.299 e. The molecule has 0 aromatic heterocycles. The van der Waals surface area contributed by atoms with Gasteiger partial charge in [-0.25, -0.2) is 13.9 Å². The summed E-state index contributed by atoms with van der Waals surface area (Å²) >= 11 is 0. The molecule has 1 aromatic carbocycles. The maximum Gasteiger partial charge on any atom is 0.264 e. The number of rotatable bonds is 7. The van der Waals surface area contributed by atoms with Gasteiger partial charge < -0.3 is 0 Å². The lowest BCUT2D eigenvalue weighted by Gasteiger charge is -2.31. The first-order valence-electron chi connectivity index (χ1n) is 9.86. The number of hydroxylamine groups is 1. The number of hydrogen-bond acceptors (Lipinski definition) is 5. The summed E-state index contributed by atoms with van der Waals surface area (Å²) in [5.41, 5.74) is 4.94. The molecule has 0 spiro atoms. The fraction of sp³-hybridized carbons (Fsp3) is 0.500. The number of sulfone groups is 1. The Hall–Kier alpha value is -2.14. The third-order valence-electron chi connectivity index (χ3n) is 5.46. The molecule has 0 fully saturated rings. The molecular weight excluding hydrogens is 388 g/mol. The number of carbonyl (C=O) groups is 1. The predicted octanol–water partition coefficient (Wildman–Crippen LogP) is 2.63. The molecule has 7 heteroatoms. The van der Waals surface area contributed by atoms with E-state index in [0.29, 0.717) is 13.1 Å². The van der Waals surface area contributed by atoms with Gasteiger partial charge >= 0.3 is 0 Å². The molecule has 1 unspecified atom stereocenters. The van der Waals surface area contributed by atoms with Crippen molar-refractivity contribution in [1.29, 1.82) is 0 Å². The summed E-state index contributed by atoms with van der Waals surface area (Å²) < 4.78 is 22.5. The monoisotopic (exact) mass is 418 g/mol. The lowest BCUT2D eigenvalue weighted by atomic mass is 9.98. The maximum absolute atomic E-state index is 12.1. The third kappa shape index (κ3) is 5.92. The van der Waals surface area contributed by atoms with E-state index in [0.717, 1.165) is 37.6 Å². The van der Waals surface area contributed by atoms with Gasteiger partial charge in [0, 0.05) is 37.9 Å². The molecule has 0 bridgehead atoms. The van der Waals surface area contributed by atoms with Crippen molar-refractivity contribution >= 4 is 21.3 Å². The van der Waals surface area contributed by atoms with Crippen molar-refractivity contribution in [2.24, 2.45) is 0 Å². The Morgan fingerprint density at radius 1 is 1.31 bits per heavy atom. The highest BCUT2D eigenvalue weighted by Gasteiger charge is 2.43. The molecule has 158 valence electrons. The van der Waals surface area contributed by atoms with Crippen molar-refractivity contribution < 1.29 is 18.4 Å². The van der Waals surface area contributed by atoms with Crippen LogP contribution in [0.15, 0.2) is 30.3 Å². The van der Waals surface area contributed by atoms with Crippen molar-refractivity contribution in [1.82, 2.24) is 10.4 Å². The Kier molecular flexibility index (Phi) is 8.03. The van der Waals surface area contributed by atoms with E-state index in [2.05, 4.69) is 41.9 Å². The van der Waals surface area contributed by atoms with Crippen LogP contribution >= 0.6 is 0 Å². The summed E-state index contributed by atoms with van der Waals surface area (Å²) in [6.45, 7) is 5.38. The molecule has 0 saturated carbocycles. The van der Waals surface area contributed by atoms with Crippen molar-refractivity contribution in [2.45, 2.75) is 44.3 Å². The fourth-order valence-electron chi connectivity index (χ4n) is 3.19. The average molecular weight is 419 g/mol. The van der Waals surface area contributed by atoms with E-state index in [9.17, 15) is 13.2 Å². The summed E-state index contributed by atoms with van der Waals surface area (Å²) in [6, 6.07) is 8.25. The quantitative estimate of drug-likeness (QED) is 0.404. The molecule has 1 atom stereocenters. The zero-order valence-corrected chi connectivity index (χ0v) is 18.2. The summed E-state index contributed by atoms with van der Waals surface area (Å²) in [4.78, 5) is 14.0. The van der Waals surface area contributed by atoms with Gasteiger partial charge in [-0.3, -0.25) is 14.9 Å². The molecule has 2 rings (SSSR count). The number of nitrogens with one attached hydrogen (secondary N) is 1. The first-order valence-corrected chi connectivity index (χ1v) is 11.7. The van der Waals surface area contributed by atoms with Gasteiger partial charge in [0.2, 0.25) is 0 Å². The highest BCUT2D eigenvalue weighted by molar-refractivity contribution is 7.92. The molecule has 2 N–H and O–H groups in total. The number of benzene rings is 1. The second kappa shape index (κ2) is 10.1. The van der Waals surface area contributed by atoms with Crippen LogP contribution in [0.2, 0.25) is 0 Å². The van der Waals surface area contributed by atoms with E-state index in [1.807, 2.05) is 12.1 Å². The number of hydrogen-bond donors (Lipinski definition) is 2. The Balaban J connectivity index is 1.99. The first-order chi connectivity index (χ1) is 13.7. The number of nitrogens with zero attached hydrogens (tertiary/aromatic N) is 1. The molecule has 0 saturated heterocycles. The van der Waals surface area contributed by atoms with Crippen LogP contribution in [-0.4, -0.2) is 55.1 Å². The molecule has 0 radical (unpaired) electrons. The summed E-state index contributed by atoms with van der Waals surface area (Å²) in [5, 5.41) is 8.92. The SMILES string of the molecule is CCCC#Cc1ccc(C2=CCN(CCC(C)(C(=O)NO)S(C)(=O)=O)CC2)cc1. The fourth-order valence-corrected chi connectivity index (χ4v) is 4.04. The van der Waals surface area contributed by atoms with Crippen LogP contribution < -0.4 is 5.48 Å². The first kappa shape index (κ1) is 23.1. The van der Waals surface area contributed by atoms with Gasteiger partial charge in [-0.15, -0.1) is 0 Å². The van der Waals surface area contributed by atoms with Crippen LogP contribution in [0.3, 0.4) is 0 Å². The smallest absolute Gasteiger partial charge is 0.264 e. The van der Waals surface area contributed by atoms with Crippen LogP contribution in [0.4, 0.5) is 0 Å². The van der Waals surface area contributed by atoms with Gasteiger partial charge in [0.15, 0.2) is 14.6 Å². The highest BCUT2D eigenvalue weighted by atomic mass is 32.2. The third-order valence-corrected chi connectivity index (χ3v) is 7.49. The summed E-state index contributed by atoms with van der Waals surface area (Å²) in [7, 11) is -3.67. The lowest BCUT2D eigenvalue weighted by Crippen LogP contribution is -2.51. The Morgan fingerprint density at radius 2 is 2.00 bits per heavy atom. The minimum Gasteiger partial charge on any atom is -0.299 e. The molecular formula is C22H30N2O4S. The highest BCUT2D eigenvalue weighted by Crippen LogP contribution is 2.25. The van der Waals surface area contributed by atoms with E-state index in [1.54, 1.807) is 0 Å². The van der Waals surface area contributed by atoms with Crippen molar-refractivity contribution in [2.75, 3.05) is 25.9 Å². The molecule has 1 heterocycles. The van der Waals surface area contributed by atoms with Crippen LogP contribution in [0.1, 0.15) is 50.7 Å². The molecule has 29 heavy (non-hydrogen) atoms. The second-order valence-corrected chi connectivity index (χ2v) is 10.0. The van der Waals surface area contributed by atoms with Crippen molar-refractivity contribution in [3.63, 3.8) is 0 Å². The predicted molar refractivity (Wildman–Crippen MR) is 115 cm³/mol. The maximum atomic E-state index is 12.1. The Bertz CT molecular complexity index is 910. The van der Waals surface area contributed by atoms with Crippen molar-refractivity contribution in [3.8, 4) is 11.8 Å². The van der Waals surface area contributed by atoms with Gasteiger partial charge in [0.05, 0.1) is 0 Å². The molecule has 1 aliphatic heterocycles. The van der Waals surface area contributed by atoms with Crippen LogP contribution in [0.5, 0.6) is 0 Å². The second-order valence-electron chi connectivity index (χ2n) is 7.60. The van der Waals surface area contributed by atoms with Gasteiger partial charge in [0.25, 0.3) is 5.91 Å². The number of carbonyl (C=O) groups excluding carboxylic acids is 1. The van der Waals surface area contributed by atoms with Crippen molar-refractivity contribution in [3.05, 3.63) is 41.5 Å². The molecule has 0 aliphatic carbocycles. The van der Waals surface area contributed by atoms with E-state index < -0.39 is 20.5 Å². The van der Waals surface area contributed by atoms with Crippen LogP contribution in [-0.2, 0) is 14.6 Å². The lowest BCUT2D eigenvalue weighted by molar-refractivity contribution is -0.131. The molecule has 6 nitrogen and oxygen atoms in total. The zero-order chi connectivity index (χ0) is 21.5. The minimum absolute atomic E-state index is 0.118. The summed E-state index contributed by atoms with van der Waals surface area (Å²) in [6.07, 6.45) is 6.09. The Labute approximate surface area is 173 Å². The molecule has 1 aliphatic rings. The summed E-state index contributed by atoms with van der Waals surface area (Å²) in [5.74, 6) is 5.42. The molecule has 1 aromatic rings. The average Bonchev–Trinajstić information content (AvgIpc) is 2.71. The van der Waals surface area contributed by atoms with E-state index in [1.165, 1.54) is 23.5 Å².